The molecule has 1 spiro atoms. The lowest BCUT2D eigenvalue weighted by molar-refractivity contribution is -0.161. The van der Waals surface area contributed by atoms with E-state index < -0.39 is 22.7 Å². The Labute approximate surface area is 129 Å². The van der Waals surface area contributed by atoms with Crippen molar-refractivity contribution in [3.63, 3.8) is 0 Å². The second-order valence-electron chi connectivity index (χ2n) is 7.91. The van der Waals surface area contributed by atoms with E-state index in [0.29, 0.717) is 19.3 Å². The molecule has 5 heteroatoms. The molecule has 2 saturated carbocycles. The molecular formula is C17H22O5. The smallest absolute Gasteiger partial charge is 0.180 e. The van der Waals surface area contributed by atoms with Gasteiger partial charge in [0.1, 0.15) is 11.7 Å². The lowest BCUT2D eigenvalue weighted by Crippen LogP contribution is -2.60. The Kier molecular flexibility index (Phi) is 2.69. The third kappa shape index (κ3) is 1.59. The highest BCUT2D eigenvalue weighted by Crippen LogP contribution is 2.57. The van der Waals surface area contributed by atoms with Crippen molar-refractivity contribution in [1.29, 1.82) is 0 Å². The molecule has 0 aromatic carbocycles. The van der Waals surface area contributed by atoms with Crippen molar-refractivity contribution in [1.82, 2.24) is 0 Å². The van der Waals surface area contributed by atoms with Gasteiger partial charge >= 0.3 is 0 Å². The van der Waals surface area contributed by atoms with Crippen LogP contribution in [0.4, 0.5) is 0 Å². The first-order chi connectivity index (χ1) is 10.2. The predicted octanol–water partition coefficient (Wildman–Crippen LogP) is 0.916. The number of carbonyl (C=O) groups excluding carboxylic acids is 2. The second kappa shape index (κ2) is 4.08. The van der Waals surface area contributed by atoms with Gasteiger partial charge in [0.05, 0.1) is 17.6 Å². The summed E-state index contributed by atoms with van der Waals surface area (Å²) < 4.78 is 5.39. The SMILES string of the molecule is CC1=C2CC[C@@](C)(O)[C@H]2C[C@@]2(C1)C(=O)[C@@H]1C[C@@](O)(CO1)C2=O. The van der Waals surface area contributed by atoms with E-state index in [0.717, 1.165) is 12.0 Å². The van der Waals surface area contributed by atoms with Crippen molar-refractivity contribution in [2.75, 3.05) is 6.61 Å². The molecule has 1 heterocycles. The van der Waals surface area contributed by atoms with Crippen LogP contribution >= 0.6 is 0 Å². The highest BCUT2D eigenvalue weighted by Gasteiger charge is 2.67. The van der Waals surface area contributed by atoms with Gasteiger partial charge in [-0.05, 0) is 39.5 Å². The summed E-state index contributed by atoms with van der Waals surface area (Å²) in [5.74, 6) is -0.754. The topological polar surface area (TPSA) is 83.8 Å². The van der Waals surface area contributed by atoms with Crippen LogP contribution in [0.25, 0.3) is 0 Å². The summed E-state index contributed by atoms with van der Waals surface area (Å²) in [5.41, 5.74) is -1.39. The van der Waals surface area contributed by atoms with E-state index in [2.05, 4.69) is 0 Å². The molecule has 120 valence electrons. The third-order valence-electron chi connectivity index (χ3n) is 6.41. The molecule has 1 aliphatic heterocycles. The first-order valence-corrected chi connectivity index (χ1v) is 8.04. The lowest BCUT2D eigenvalue weighted by Gasteiger charge is -2.46. The Morgan fingerprint density at radius 1 is 1.23 bits per heavy atom. The van der Waals surface area contributed by atoms with Crippen LogP contribution in [0.1, 0.15) is 46.0 Å². The number of allylic oxidation sites excluding steroid dienone is 1. The average molecular weight is 306 g/mol. The van der Waals surface area contributed by atoms with Crippen LogP contribution in [-0.4, -0.2) is 45.7 Å². The van der Waals surface area contributed by atoms with Gasteiger partial charge in [-0.25, -0.2) is 0 Å². The Morgan fingerprint density at radius 3 is 2.68 bits per heavy atom. The molecule has 2 N–H and O–H groups in total. The van der Waals surface area contributed by atoms with E-state index >= 15 is 0 Å². The highest BCUT2D eigenvalue weighted by atomic mass is 16.5. The van der Waals surface area contributed by atoms with E-state index in [1.807, 2.05) is 6.92 Å². The highest BCUT2D eigenvalue weighted by molar-refractivity contribution is 6.15. The van der Waals surface area contributed by atoms with Gasteiger partial charge in [-0.1, -0.05) is 11.1 Å². The number of hydrogen-bond donors (Lipinski definition) is 2. The van der Waals surface area contributed by atoms with Crippen molar-refractivity contribution in [2.45, 2.75) is 63.3 Å². The van der Waals surface area contributed by atoms with Crippen molar-refractivity contribution in [3.8, 4) is 0 Å². The van der Waals surface area contributed by atoms with Crippen LogP contribution < -0.4 is 0 Å². The maximum atomic E-state index is 13.0. The zero-order valence-corrected chi connectivity index (χ0v) is 13.0. The predicted molar refractivity (Wildman–Crippen MR) is 77.0 cm³/mol. The standard InChI is InChI=1S/C17H22O5/c1-9-5-16(6-11-10(9)3-4-15(11,2)20)13(18)12-7-17(21,8-22-12)14(16)19/h11-12,20-21H,3-8H2,1-2H3/t11-,12-,15+,16-,17+/m0/s1. The van der Waals surface area contributed by atoms with Crippen LogP contribution in [0, 0.1) is 11.3 Å². The van der Waals surface area contributed by atoms with Crippen molar-refractivity contribution >= 4 is 11.6 Å². The maximum Gasteiger partial charge on any atom is 0.180 e. The van der Waals surface area contributed by atoms with Gasteiger partial charge < -0.3 is 14.9 Å². The van der Waals surface area contributed by atoms with Gasteiger partial charge in [-0.15, -0.1) is 0 Å². The van der Waals surface area contributed by atoms with Gasteiger partial charge in [0.15, 0.2) is 11.6 Å². The monoisotopic (exact) mass is 306 g/mol. The zero-order chi connectivity index (χ0) is 15.9. The number of ether oxygens (including phenoxy) is 1. The fraction of sp³-hybridized carbons (Fsp3) is 0.765. The van der Waals surface area contributed by atoms with Crippen LogP contribution in [0.5, 0.6) is 0 Å². The lowest BCUT2D eigenvalue weighted by atomic mass is 9.56. The second-order valence-corrected chi connectivity index (χ2v) is 7.91. The summed E-state index contributed by atoms with van der Waals surface area (Å²) in [4.78, 5) is 25.9. The van der Waals surface area contributed by atoms with Gasteiger partial charge in [-0.3, -0.25) is 9.59 Å². The molecule has 3 aliphatic carbocycles. The van der Waals surface area contributed by atoms with Crippen LogP contribution in [0.15, 0.2) is 11.1 Å². The molecule has 2 bridgehead atoms. The molecule has 0 aromatic rings. The summed E-state index contributed by atoms with van der Waals surface area (Å²) in [5, 5.41) is 21.2. The number of carbonyl (C=O) groups is 2. The summed E-state index contributed by atoms with van der Waals surface area (Å²) >= 11 is 0. The largest absolute Gasteiger partial charge is 0.390 e. The molecule has 5 atom stereocenters. The molecule has 5 nitrogen and oxygen atoms in total. The van der Waals surface area contributed by atoms with Gasteiger partial charge in [0.2, 0.25) is 0 Å². The number of rotatable bonds is 0. The molecule has 0 radical (unpaired) electrons. The first-order valence-electron chi connectivity index (χ1n) is 8.04. The Hall–Kier alpha value is -1.04. The molecule has 22 heavy (non-hydrogen) atoms. The molecule has 4 rings (SSSR count). The Balaban J connectivity index is 1.83. The van der Waals surface area contributed by atoms with Gasteiger partial charge in [-0.2, -0.15) is 0 Å². The number of aliphatic hydroxyl groups is 2. The minimum Gasteiger partial charge on any atom is -0.390 e. The summed E-state index contributed by atoms with van der Waals surface area (Å²) in [6.45, 7) is 3.65. The summed E-state index contributed by atoms with van der Waals surface area (Å²) in [6, 6.07) is 0. The average Bonchev–Trinajstić information content (AvgIpc) is 2.97. The molecule has 0 aromatic heterocycles. The van der Waals surface area contributed by atoms with Gasteiger partial charge in [0, 0.05) is 12.3 Å². The number of fused-ring (bicyclic) bond motifs is 3. The first kappa shape index (κ1) is 14.5. The van der Waals surface area contributed by atoms with Crippen LogP contribution in [-0.2, 0) is 14.3 Å². The van der Waals surface area contributed by atoms with Crippen LogP contribution in [0.3, 0.4) is 0 Å². The molecule has 3 fully saturated rings. The Morgan fingerprint density at radius 2 is 1.95 bits per heavy atom. The van der Waals surface area contributed by atoms with E-state index in [1.54, 1.807) is 6.92 Å². The third-order valence-corrected chi connectivity index (χ3v) is 6.41. The minimum atomic E-state index is -1.53. The van der Waals surface area contributed by atoms with Crippen LogP contribution in [0.2, 0.25) is 0 Å². The fourth-order valence-corrected chi connectivity index (χ4v) is 5.17. The number of ketones is 2. The minimum absolute atomic E-state index is 0.0827. The van der Waals surface area contributed by atoms with Gasteiger partial charge in [0.25, 0.3) is 0 Å². The number of hydrogen-bond acceptors (Lipinski definition) is 5. The van der Waals surface area contributed by atoms with Crippen molar-refractivity contribution in [3.05, 3.63) is 11.1 Å². The molecular weight excluding hydrogens is 284 g/mol. The quantitative estimate of drug-likeness (QED) is 0.513. The molecule has 0 unspecified atom stereocenters. The summed E-state index contributed by atoms with van der Waals surface area (Å²) in [6.07, 6.45) is 1.58. The van der Waals surface area contributed by atoms with E-state index in [4.69, 9.17) is 4.74 Å². The number of Topliss-reactive ketones (excluding diaryl/α,β-unsaturated/α-hetero) is 2. The summed E-state index contributed by atoms with van der Waals surface area (Å²) in [7, 11) is 0. The molecule has 1 saturated heterocycles. The molecule has 0 amide bonds. The molecule has 4 aliphatic rings. The van der Waals surface area contributed by atoms with E-state index in [1.165, 1.54) is 5.57 Å². The Bertz CT molecular complexity index is 619. The normalized spacial score (nSPS) is 50.9. The fourth-order valence-electron chi connectivity index (χ4n) is 5.17. The van der Waals surface area contributed by atoms with E-state index in [9.17, 15) is 19.8 Å². The van der Waals surface area contributed by atoms with Crippen molar-refractivity contribution < 1.29 is 24.5 Å². The van der Waals surface area contributed by atoms with Crippen molar-refractivity contribution in [2.24, 2.45) is 11.3 Å². The maximum absolute atomic E-state index is 13.0. The van der Waals surface area contributed by atoms with E-state index in [-0.39, 0.29) is 30.5 Å². The zero-order valence-electron chi connectivity index (χ0n) is 13.0.